The molecule has 0 aromatic heterocycles. The molecule has 0 rings (SSSR count). The molecule has 1 nitrogen and oxygen atoms in total. The number of rotatable bonds is 11. The SMILES string of the molecule is CCCCCC(CCC)COCCCCl. The van der Waals surface area contributed by atoms with E-state index in [1.807, 2.05) is 0 Å². The summed E-state index contributed by atoms with van der Waals surface area (Å²) < 4.78 is 5.63. The van der Waals surface area contributed by atoms with Gasteiger partial charge in [-0.25, -0.2) is 0 Å². The number of alkyl halides is 1. The van der Waals surface area contributed by atoms with Gasteiger partial charge >= 0.3 is 0 Å². The molecule has 0 aromatic carbocycles. The summed E-state index contributed by atoms with van der Waals surface area (Å²) >= 11 is 5.60. The van der Waals surface area contributed by atoms with E-state index >= 15 is 0 Å². The highest BCUT2D eigenvalue weighted by atomic mass is 35.5. The topological polar surface area (TPSA) is 9.23 Å². The average Bonchev–Trinajstić information content (AvgIpc) is 2.24. The van der Waals surface area contributed by atoms with Crippen LogP contribution in [0.5, 0.6) is 0 Å². The van der Waals surface area contributed by atoms with Crippen molar-refractivity contribution >= 4 is 11.6 Å². The molecule has 0 aliphatic rings. The molecule has 92 valence electrons. The van der Waals surface area contributed by atoms with Crippen LogP contribution in [0, 0.1) is 5.92 Å². The van der Waals surface area contributed by atoms with E-state index in [0.29, 0.717) is 5.88 Å². The second-order valence-corrected chi connectivity index (χ2v) is 4.65. The van der Waals surface area contributed by atoms with Crippen LogP contribution in [0.15, 0.2) is 0 Å². The Morgan fingerprint density at radius 3 is 2.40 bits per heavy atom. The molecule has 0 saturated heterocycles. The summed E-state index contributed by atoms with van der Waals surface area (Å²) in [7, 11) is 0. The normalized spacial score (nSPS) is 13.0. The van der Waals surface area contributed by atoms with Crippen LogP contribution in [0.4, 0.5) is 0 Å². The summed E-state index contributed by atoms with van der Waals surface area (Å²) in [6.45, 7) is 6.28. The second-order valence-electron chi connectivity index (χ2n) is 4.27. The standard InChI is InChI=1S/C13H27ClO/c1-3-5-6-9-13(8-4-2)12-15-11-7-10-14/h13H,3-12H2,1-2H3. The monoisotopic (exact) mass is 234 g/mol. The van der Waals surface area contributed by atoms with Crippen molar-refractivity contribution in [1.82, 2.24) is 0 Å². The Bertz CT molecular complexity index is 117. The minimum Gasteiger partial charge on any atom is -0.381 e. The lowest BCUT2D eigenvalue weighted by Crippen LogP contribution is -2.10. The van der Waals surface area contributed by atoms with Crippen molar-refractivity contribution in [3.63, 3.8) is 0 Å². The van der Waals surface area contributed by atoms with E-state index in [2.05, 4.69) is 13.8 Å². The Hall–Kier alpha value is 0.250. The van der Waals surface area contributed by atoms with Crippen molar-refractivity contribution in [3.05, 3.63) is 0 Å². The van der Waals surface area contributed by atoms with Gasteiger partial charge in [-0.1, -0.05) is 39.5 Å². The number of hydrogen-bond acceptors (Lipinski definition) is 1. The maximum absolute atomic E-state index is 5.63. The first-order valence-corrected chi connectivity index (χ1v) is 7.02. The molecule has 0 aromatic rings. The molecule has 0 aliphatic carbocycles. The number of hydrogen-bond donors (Lipinski definition) is 0. The van der Waals surface area contributed by atoms with E-state index in [-0.39, 0.29) is 0 Å². The molecule has 1 atom stereocenters. The van der Waals surface area contributed by atoms with E-state index in [0.717, 1.165) is 25.6 Å². The van der Waals surface area contributed by atoms with Crippen LogP contribution in [-0.2, 0) is 4.74 Å². The van der Waals surface area contributed by atoms with Gasteiger partial charge in [-0.3, -0.25) is 0 Å². The van der Waals surface area contributed by atoms with Crippen molar-refractivity contribution in [3.8, 4) is 0 Å². The summed E-state index contributed by atoms with van der Waals surface area (Å²) in [5.74, 6) is 1.49. The van der Waals surface area contributed by atoms with Crippen LogP contribution < -0.4 is 0 Å². The third-order valence-electron chi connectivity index (χ3n) is 2.69. The van der Waals surface area contributed by atoms with E-state index in [1.165, 1.54) is 38.5 Å². The molecule has 15 heavy (non-hydrogen) atoms. The summed E-state index contributed by atoms with van der Waals surface area (Å²) in [5.41, 5.74) is 0. The first-order valence-electron chi connectivity index (χ1n) is 6.48. The maximum Gasteiger partial charge on any atom is 0.0494 e. The lowest BCUT2D eigenvalue weighted by atomic mass is 9.97. The zero-order valence-electron chi connectivity index (χ0n) is 10.4. The minimum absolute atomic E-state index is 0.717. The lowest BCUT2D eigenvalue weighted by Gasteiger charge is -2.15. The quantitative estimate of drug-likeness (QED) is 0.374. The maximum atomic E-state index is 5.63. The number of ether oxygens (including phenoxy) is 1. The van der Waals surface area contributed by atoms with Gasteiger partial charge in [-0.2, -0.15) is 0 Å². The fraction of sp³-hybridized carbons (Fsp3) is 1.00. The highest BCUT2D eigenvalue weighted by Crippen LogP contribution is 2.16. The predicted molar refractivity (Wildman–Crippen MR) is 68.7 cm³/mol. The molecule has 0 aliphatic heterocycles. The van der Waals surface area contributed by atoms with Gasteiger partial charge in [-0.05, 0) is 25.2 Å². The van der Waals surface area contributed by atoms with Crippen LogP contribution in [-0.4, -0.2) is 19.1 Å². The third-order valence-corrected chi connectivity index (χ3v) is 2.96. The highest BCUT2D eigenvalue weighted by Gasteiger charge is 2.07. The predicted octanol–water partition coefficient (Wildman–Crippen LogP) is 4.63. The van der Waals surface area contributed by atoms with Gasteiger partial charge in [0.05, 0.1) is 0 Å². The van der Waals surface area contributed by atoms with E-state index in [1.54, 1.807) is 0 Å². The molecule has 1 unspecified atom stereocenters. The molecule has 0 fully saturated rings. The van der Waals surface area contributed by atoms with E-state index in [9.17, 15) is 0 Å². The van der Waals surface area contributed by atoms with Crippen LogP contribution >= 0.6 is 11.6 Å². The van der Waals surface area contributed by atoms with Crippen molar-refractivity contribution in [1.29, 1.82) is 0 Å². The number of halogens is 1. The Labute approximate surface area is 101 Å². The van der Waals surface area contributed by atoms with Crippen LogP contribution in [0.1, 0.15) is 58.8 Å². The van der Waals surface area contributed by atoms with Gasteiger partial charge < -0.3 is 4.74 Å². The summed E-state index contributed by atoms with van der Waals surface area (Å²) in [5, 5.41) is 0. The third kappa shape index (κ3) is 10.5. The molecular weight excluding hydrogens is 208 g/mol. The van der Waals surface area contributed by atoms with Crippen LogP contribution in [0.2, 0.25) is 0 Å². The van der Waals surface area contributed by atoms with E-state index in [4.69, 9.17) is 16.3 Å². The van der Waals surface area contributed by atoms with Gasteiger partial charge in [-0.15, -0.1) is 11.6 Å². The molecule has 0 radical (unpaired) electrons. The lowest BCUT2D eigenvalue weighted by molar-refractivity contribution is 0.0926. The zero-order chi connectivity index (χ0) is 11.4. The summed E-state index contributed by atoms with van der Waals surface area (Å²) in [6, 6.07) is 0. The van der Waals surface area contributed by atoms with Crippen LogP contribution in [0.25, 0.3) is 0 Å². The number of unbranched alkanes of at least 4 members (excludes halogenated alkanes) is 2. The average molecular weight is 235 g/mol. The molecule has 0 amide bonds. The van der Waals surface area contributed by atoms with Crippen LogP contribution in [0.3, 0.4) is 0 Å². The molecule has 0 saturated carbocycles. The van der Waals surface area contributed by atoms with Crippen molar-refractivity contribution in [2.45, 2.75) is 58.8 Å². The van der Waals surface area contributed by atoms with Gasteiger partial charge in [0.15, 0.2) is 0 Å². The Kier molecular flexibility index (Phi) is 12.5. The second kappa shape index (κ2) is 12.3. The van der Waals surface area contributed by atoms with Crippen molar-refractivity contribution in [2.24, 2.45) is 5.92 Å². The molecule has 2 heteroatoms. The first-order chi connectivity index (χ1) is 7.35. The summed E-state index contributed by atoms with van der Waals surface area (Å²) in [6.07, 6.45) is 8.94. The fourth-order valence-corrected chi connectivity index (χ4v) is 1.92. The Morgan fingerprint density at radius 2 is 1.80 bits per heavy atom. The Morgan fingerprint density at radius 1 is 1.00 bits per heavy atom. The van der Waals surface area contributed by atoms with E-state index < -0.39 is 0 Å². The molecular formula is C13H27ClO. The van der Waals surface area contributed by atoms with Gasteiger partial charge in [0.25, 0.3) is 0 Å². The molecule has 0 bridgehead atoms. The minimum atomic E-state index is 0.717. The fourth-order valence-electron chi connectivity index (χ4n) is 1.81. The Balaban J connectivity index is 3.44. The first kappa shape index (κ1) is 15.2. The largest absolute Gasteiger partial charge is 0.381 e. The smallest absolute Gasteiger partial charge is 0.0494 e. The van der Waals surface area contributed by atoms with Gasteiger partial charge in [0.1, 0.15) is 0 Å². The molecule has 0 N–H and O–H groups in total. The van der Waals surface area contributed by atoms with Gasteiger partial charge in [0, 0.05) is 19.1 Å². The highest BCUT2D eigenvalue weighted by molar-refractivity contribution is 6.17. The van der Waals surface area contributed by atoms with Crippen molar-refractivity contribution < 1.29 is 4.74 Å². The molecule has 0 spiro atoms. The molecule has 0 heterocycles. The zero-order valence-corrected chi connectivity index (χ0v) is 11.2. The van der Waals surface area contributed by atoms with Gasteiger partial charge in [0.2, 0.25) is 0 Å². The van der Waals surface area contributed by atoms with Crippen molar-refractivity contribution in [2.75, 3.05) is 19.1 Å². The summed E-state index contributed by atoms with van der Waals surface area (Å²) in [4.78, 5) is 0.